The second-order valence-corrected chi connectivity index (χ2v) is 4.60. The van der Waals surface area contributed by atoms with Crippen LogP contribution < -0.4 is 5.56 Å². The summed E-state index contributed by atoms with van der Waals surface area (Å²) in [6.07, 6.45) is 1.59. The lowest BCUT2D eigenvalue weighted by molar-refractivity contribution is 0.532. The molecule has 0 saturated carbocycles. The lowest BCUT2D eigenvalue weighted by Crippen LogP contribution is -2.19. The fourth-order valence-electron chi connectivity index (χ4n) is 1.99. The van der Waals surface area contributed by atoms with E-state index in [2.05, 4.69) is 10.2 Å². The molecule has 0 atom stereocenters. The second kappa shape index (κ2) is 5.32. The first-order valence-electron chi connectivity index (χ1n) is 6.38. The first-order valence-corrected chi connectivity index (χ1v) is 6.38. The van der Waals surface area contributed by atoms with Gasteiger partial charge in [0.25, 0.3) is 5.56 Å². The third kappa shape index (κ3) is 2.74. The van der Waals surface area contributed by atoms with Crippen LogP contribution in [-0.4, -0.2) is 14.8 Å². The number of halogens is 1. The van der Waals surface area contributed by atoms with E-state index in [-0.39, 0.29) is 17.9 Å². The van der Waals surface area contributed by atoms with Crippen LogP contribution >= 0.6 is 0 Å². The van der Waals surface area contributed by atoms with Crippen LogP contribution in [0.1, 0.15) is 11.5 Å². The fraction of sp³-hybridized carbons (Fsp3) is 0.133. The van der Waals surface area contributed by atoms with Gasteiger partial charge in [0.15, 0.2) is 0 Å². The SMILES string of the molecule is Cc1nnc(-c2ccn(Cc3ccccc3F)c(=O)c2)o1. The number of hydrogen-bond acceptors (Lipinski definition) is 4. The molecule has 6 heteroatoms. The minimum Gasteiger partial charge on any atom is -0.421 e. The molecule has 3 rings (SSSR count). The van der Waals surface area contributed by atoms with Gasteiger partial charge >= 0.3 is 0 Å². The van der Waals surface area contributed by atoms with Crippen LogP contribution in [0.3, 0.4) is 0 Å². The van der Waals surface area contributed by atoms with Gasteiger partial charge in [-0.2, -0.15) is 0 Å². The number of rotatable bonds is 3. The molecule has 0 bridgehead atoms. The summed E-state index contributed by atoms with van der Waals surface area (Å²) in [5.74, 6) is 0.393. The van der Waals surface area contributed by atoms with Gasteiger partial charge in [0.2, 0.25) is 11.8 Å². The zero-order valence-corrected chi connectivity index (χ0v) is 11.3. The zero-order valence-electron chi connectivity index (χ0n) is 11.3. The molecule has 0 amide bonds. The Bertz CT molecular complexity index is 839. The maximum Gasteiger partial charge on any atom is 0.251 e. The van der Waals surface area contributed by atoms with E-state index in [0.29, 0.717) is 22.9 Å². The summed E-state index contributed by atoms with van der Waals surface area (Å²) in [7, 11) is 0. The van der Waals surface area contributed by atoms with E-state index < -0.39 is 0 Å². The zero-order chi connectivity index (χ0) is 14.8. The Balaban J connectivity index is 1.92. The Hall–Kier alpha value is -2.76. The molecule has 0 aliphatic heterocycles. The number of nitrogens with zero attached hydrogens (tertiary/aromatic N) is 3. The summed E-state index contributed by atoms with van der Waals surface area (Å²) < 4.78 is 20.3. The smallest absolute Gasteiger partial charge is 0.251 e. The molecular weight excluding hydrogens is 273 g/mol. The number of hydrogen-bond donors (Lipinski definition) is 0. The fourth-order valence-corrected chi connectivity index (χ4v) is 1.99. The first kappa shape index (κ1) is 13.2. The summed E-state index contributed by atoms with van der Waals surface area (Å²) in [6.45, 7) is 1.85. The molecule has 1 aromatic carbocycles. The minimum absolute atomic E-state index is 0.175. The van der Waals surface area contributed by atoms with Crippen molar-refractivity contribution in [3.8, 4) is 11.5 Å². The van der Waals surface area contributed by atoms with Gasteiger partial charge in [0.1, 0.15) is 5.82 Å². The average Bonchev–Trinajstić information content (AvgIpc) is 2.90. The number of pyridine rings is 1. The van der Waals surface area contributed by atoms with E-state index in [4.69, 9.17) is 4.42 Å². The summed E-state index contributed by atoms with van der Waals surface area (Å²) in [6, 6.07) is 9.46. The molecule has 0 aliphatic rings. The highest BCUT2D eigenvalue weighted by Crippen LogP contribution is 2.15. The van der Waals surface area contributed by atoms with Gasteiger partial charge in [-0.25, -0.2) is 4.39 Å². The molecule has 0 fully saturated rings. The number of aromatic nitrogens is 3. The van der Waals surface area contributed by atoms with E-state index in [0.717, 1.165) is 0 Å². The van der Waals surface area contributed by atoms with Gasteiger partial charge in [0.05, 0.1) is 6.54 Å². The van der Waals surface area contributed by atoms with Crippen molar-refractivity contribution in [3.05, 3.63) is 70.2 Å². The molecule has 21 heavy (non-hydrogen) atoms. The van der Waals surface area contributed by atoms with Crippen molar-refractivity contribution in [2.24, 2.45) is 0 Å². The summed E-state index contributed by atoms with van der Waals surface area (Å²) in [5.41, 5.74) is 0.748. The van der Waals surface area contributed by atoms with E-state index in [1.165, 1.54) is 16.7 Å². The maximum atomic E-state index is 13.6. The molecule has 0 unspecified atom stereocenters. The monoisotopic (exact) mass is 285 g/mol. The molecule has 0 N–H and O–H groups in total. The Kier molecular flexibility index (Phi) is 3.35. The Morgan fingerprint density at radius 3 is 2.71 bits per heavy atom. The summed E-state index contributed by atoms with van der Waals surface area (Å²) in [4.78, 5) is 12.1. The highest BCUT2D eigenvalue weighted by Gasteiger charge is 2.09. The van der Waals surface area contributed by atoms with E-state index >= 15 is 0 Å². The molecule has 0 aliphatic carbocycles. The minimum atomic E-state index is -0.332. The van der Waals surface area contributed by atoms with Gasteiger partial charge in [-0.3, -0.25) is 4.79 Å². The number of benzene rings is 1. The highest BCUT2D eigenvalue weighted by atomic mass is 19.1. The van der Waals surface area contributed by atoms with E-state index in [1.54, 1.807) is 37.4 Å². The van der Waals surface area contributed by atoms with Crippen LogP contribution in [0.2, 0.25) is 0 Å². The highest BCUT2D eigenvalue weighted by molar-refractivity contribution is 5.50. The molecule has 0 spiro atoms. The number of aryl methyl sites for hydroxylation is 1. The predicted octanol–water partition coefficient (Wildman–Crippen LogP) is 2.39. The van der Waals surface area contributed by atoms with Gasteiger partial charge in [-0.05, 0) is 12.1 Å². The third-order valence-electron chi connectivity index (χ3n) is 3.07. The molecule has 5 nitrogen and oxygen atoms in total. The van der Waals surface area contributed by atoms with Crippen LogP contribution in [0.4, 0.5) is 4.39 Å². The largest absolute Gasteiger partial charge is 0.421 e. The van der Waals surface area contributed by atoms with Crippen LogP contribution in [0.5, 0.6) is 0 Å². The summed E-state index contributed by atoms with van der Waals surface area (Å²) >= 11 is 0. The lowest BCUT2D eigenvalue weighted by atomic mass is 10.2. The normalized spacial score (nSPS) is 10.8. The van der Waals surface area contributed by atoms with Crippen LogP contribution in [-0.2, 0) is 6.54 Å². The molecule has 3 aromatic rings. The van der Waals surface area contributed by atoms with Gasteiger partial charge in [-0.15, -0.1) is 10.2 Å². The van der Waals surface area contributed by atoms with Crippen molar-refractivity contribution in [1.29, 1.82) is 0 Å². The molecule has 0 radical (unpaired) electrons. The van der Waals surface area contributed by atoms with Crippen molar-refractivity contribution in [2.75, 3.05) is 0 Å². The van der Waals surface area contributed by atoms with Crippen molar-refractivity contribution in [2.45, 2.75) is 13.5 Å². The topological polar surface area (TPSA) is 60.9 Å². The molecular formula is C15H12FN3O2. The van der Waals surface area contributed by atoms with E-state index in [1.807, 2.05) is 0 Å². The average molecular weight is 285 g/mol. The quantitative estimate of drug-likeness (QED) is 0.741. The first-order chi connectivity index (χ1) is 10.1. The van der Waals surface area contributed by atoms with Gasteiger partial charge in [-0.1, -0.05) is 18.2 Å². The van der Waals surface area contributed by atoms with Crippen LogP contribution in [0.15, 0.2) is 51.8 Å². The van der Waals surface area contributed by atoms with Crippen molar-refractivity contribution in [3.63, 3.8) is 0 Å². The molecule has 2 aromatic heterocycles. The maximum absolute atomic E-state index is 13.6. The molecule has 2 heterocycles. The second-order valence-electron chi connectivity index (χ2n) is 4.60. The molecule has 0 saturated heterocycles. The standard InChI is InChI=1S/C15H12FN3O2/c1-10-17-18-15(21-10)11-6-7-19(14(20)8-11)9-12-4-2-3-5-13(12)16/h2-8H,9H2,1H3. The third-order valence-corrected chi connectivity index (χ3v) is 3.07. The Morgan fingerprint density at radius 2 is 2.05 bits per heavy atom. The van der Waals surface area contributed by atoms with E-state index in [9.17, 15) is 9.18 Å². The van der Waals surface area contributed by atoms with Crippen LogP contribution in [0.25, 0.3) is 11.5 Å². The summed E-state index contributed by atoms with van der Waals surface area (Å²) in [5, 5.41) is 7.58. The van der Waals surface area contributed by atoms with Crippen LogP contribution in [0, 0.1) is 12.7 Å². The van der Waals surface area contributed by atoms with Gasteiger partial charge < -0.3 is 8.98 Å². The Morgan fingerprint density at radius 1 is 1.24 bits per heavy atom. The Labute approximate surface area is 119 Å². The van der Waals surface area contributed by atoms with Crippen molar-refractivity contribution in [1.82, 2.24) is 14.8 Å². The van der Waals surface area contributed by atoms with Crippen molar-refractivity contribution >= 4 is 0 Å². The molecule has 106 valence electrons. The lowest BCUT2D eigenvalue weighted by Gasteiger charge is -2.07. The van der Waals surface area contributed by atoms with Gasteiger partial charge in [0, 0.05) is 30.3 Å². The predicted molar refractivity (Wildman–Crippen MR) is 74.2 cm³/mol. The van der Waals surface area contributed by atoms with Crippen molar-refractivity contribution < 1.29 is 8.81 Å².